The van der Waals surface area contributed by atoms with Crippen molar-refractivity contribution in [2.45, 2.75) is 26.3 Å². The van der Waals surface area contributed by atoms with Crippen LogP contribution in [0.25, 0.3) is 0 Å². The van der Waals surface area contributed by atoms with Gasteiger partial charge in [-0.05, 0) is 18.9 Å². The number of morpholine rings is 1. The third-order valence-electron chi connectivity index (χ3n) is 2.89. The minimum Gasteiger partial charge on any atom is -0.378 e. The SMILES string of the molecule is CC(C)C(CCN)NC(=O)N1CCOCC1. The molecule has 1 unspecified atom stereocenters. The Morgan fingerprint density at radius 2 is 2.06 bits per heavy atom. The van der Waals surface area contributed by atoms with Gasteiger partial charge in [-0.1, -0.05) is 13.8 Å². The minimum absolute atomic E-state index is 0.00968. The molecule has 0 aromatic carbocycles. The van der Waals surface area contributed by atoms with Gasteiger partial charge < -0.3 is 20.7 Å². The molecule has 5 heteroatoms. The first-order chi connectivity index (χ1) is 7.65. The number of ether oxygens (including phenoxy) is 1. The fourth-order valence-electron chi connectivity index (χ4n) is 1.77. The average molecular weight is 229 g/mol. The van der Waals surface area contributed by atoms with Gasteiger partial charge in [0.05, 0.1) is 13.2 Å². The molecule has 16 heavy (non-hydrogen) atoms. The van der Waals surface area contributed by atoms with Crippen LogP contribution in [0, 0.1) is 5.92 Å². The van der Waals surface area contributed by atoms with Gasteiger partial charge in [0.1, 0.15) is 0 Å². The van der Waals surface area contributed by atoms with Gasteiger partial charge in [-0.3, -0.25) is 0 Å². The maximum Gasteiger partial charge on any atom is 0.317 e. The first-order valence-electron chi connectivity index (χ1n) is 5.98. The van der Waals surface area contributed by atoms with Crippen molar-refractivity contribution in [2.75, 3.05) is 32.8 Å². The van der Waals surface area contributed by atoms with Gasteiger partial charge >= 0.3 is 6.03 Å². The highest BCUT2D eigenvalue weighted by Gasteiger charge is 2.21. The van der Waals surface area contributed by atoms with Crippen LogP contribution in [-0.4, -0.2) is 49.8 Å². The van der Waals surface area contributed by atoms with E-state index in [2.05, 4.69) is 19.2 Å². The van der Waals surface area contributed by atoms with Crippen LogP contribution in [0.3, 0.4) is 0 Å². The van der Waals surface area contributed by atoms with Crippen LogP contribution in [-0.2, 0) is 4.74 Å². The highest BCUT2D eigenvalue weighted by atomic mass is 16.5. The molecule has 0 saturated carbocycles. The number of carbonyl (C=O) groups is 1. The summed E-state index contributed by atoms with van der Waals surface area (Å²) < 4.78 is 5.21. The zero-order valence-electron chi connectivity index (χ0n) is 10.2. The fraction of sp³-hybridized carbons (Fsp3) is 0.909. The normalized spacial score (nSPS) is 18.6. The van der Waals surface area contributed by atoms with Crippen LogP contribution in [0.5, 0.6) is 0 Å². The number of urea groups is 1. The van der Waals surface area contributed by atoms with Crippen LogP contribution in [0.1, 0.15) is 20.3 Å². The Kier molecular flexibility index (Phi) is 5.55. The quantitative estimate of drug-likeness (QED) is 0.733. The van der Waals surface area contributed by atoms with Crippen molar-refractivity contribution in [1.29, 1.82) is 0 Å². The van der Waals surface area contributed by atoms with Gasteiger partial charge in [0, 0.05) is 19.1 Å². The molecule has 1 heterocycles. The number of rotatable bonds is 4. The van der Waals surface area contributed by atoms with Crippen molar-refractivity contribution < 1.29 is 9.53 Å². The molecule has 1 saturated heterocycles. The molecule has 3 N–H and O–H groups in total. The lowest BCUT2D eigenvalue weighted by molar-refractivity contribution is 0.0520. The molecule has 0 bridgehead atoms. The van der Waals surface area contributed by atoms with Crippen molar-refractivity contribution in [2.24, 2.45) is 11.7 Å². The second kappa shape index (κ2) is 6.70. The van der Waals surface area contributed by atoms with E-state index in [1.807, 2.05) is 0 Å². The van der Waals surface area contributed by atoms with Crippen molar-refractivity contribution >= 4 is 6.03 Å². The smallest absolute Gasteiger partial charge is 0.317 e. The molecule has 94 valence electrons. The van der Waals surface area contributed by atoms with E-state index in [1.54, 1.807) is 4.90 Å². The Morgan fingerprint density at radius 1 is 1.44 bits per heavy atom. The second-order valence-electron chi connectivity index (χ2n) is 4.48. The molecule has 1 atom stereocenters. The number of hydrogen-bond acceptors (Lipinski definition) is 3. The summed E-state index contributed by atoms with van der Waals surface area (Å²) in [7, 11) is 0. The maximum atomic E-state index is 11.9. The van der Waals surface area contributed by atoms with Crippen LogP contribution in [0.2, 0.25) is 0 Å². The molecule has 1 fully saturated rings. The number of nitrogens with zero attached hydrogens (tertiary/aromatic N) is 1. The zero-order chi connectivity index (χ0) is 12.0. The number of carbonyl (C=O) groups excluding carboxylic acids is 1. The summed E-state index contributed by atoms with van der Waals surface area (Å²) in [6.07, 6.45) is 0.827. The molecule has 1 aliphatic rings. The van der Waals surface area contributed by atoms with Gasteiger partial charge in [-0.15, -0.1) is 0 Å². The summed E-state index contributed by atoms with van der Waals surface area (Å²) in [5.41, 5.74) is 5.54. The average Bonchev–Trinajstić information content (AvgIpc) is 2.29. The first-order valence-corrected chi connectivity index (χ1v) is 5.98. The predicted molar refractivity (Wildman–Crippen MR) is 63.2 cm³/mol. The van der Waals surface area contributed by atoms with E-state index in [9.17, 15) is 4.79 Å². The molecule has 1 rings (SSSR count). The lowest BCUT2D eigenvalue weighted by atomic mass is 10.0. The van der Waals surface area contributed by atoms with Crippen LogP contribution in [0.4, 0.5) is 4.79 Å². The standard InChI is InChI=1S/C11H23N3O2/c1-9(2)10(3-4-12)13-11(15)14-5-7-16-8-6-14/h9-10H,3-8,12H2,1-2H3,(H,13,15). The van der Waals surface area contributed by atoms with E-state index in [4.69, 9.17) is 10.5 Å². The molecule has 2 amide bonds. The summed E-state index contributed by atoms with van der Waals surface area (Å²) in [6.45, 7) is 7.43. The third-order valence-corrected chi connectivity index (χ3v) is 2.89. The van der Waals surface area contributed by atoms with Crippen molar-refractivity contribution in [1.82, 2.24) is 10.2 Å². The van der Waals surface area contributed by atoms with Crippen LogP contribution < -0.4 is 11.1 Å². The van der Waals surface area contributed by atoms with Crippen molar-refractivity contribution in [3.8, 4) is 0 Å². The predicted octanol–water partition coefficient (Wildman–Crippen LogP) is 0.402. The molecule has 0 radical (unpaired) electrons. The third kappa shape index (κ3) is 3.98. The van der Waals surface area contributed by atoms with Gasteiger partial charge in [-0.2, -0.15) is 0 Å². The highest BCUT2D eigenvalue weighted by molar-refractivity contribution is 5.74. The number of amides is 2. The highest BCUT2D eigenvalue weighted by Crippen LogP contribution is 2.06. The van der Waals surface area contributed by atoms with E-state index >= 15 is 0 Å². The Hall–Kier alpha value is -0.810. The summed E-state index contributed by atoms with van der Waals surface area (Å²) in [5, 5.41) is 3.04. The molecule has 1 aliphatic heterocycles. The lowest BCUT2D eigenvalue weighted by Gasteiger charge is -2.30. The minimum atomic E-state index is 0.00968. The summed E-state index contributed by atoms with van der Waals surface area (Å²) >= 11 is 0. The van der Waals surface area contributed by atoms with Gasteiger partial charge in [0.2, 0.25) is 0 Å². The van der Waals surface area contributed by atoms with Gasteiger partial charge in [-0.25, -0.2) is 4.79 Å². The van der Waals surface area contributed by atoms with E-state index in [0.29, 0.717) is 38.8 Å². The molecule has 0 spiro atoms. The maximum absolute atomic E-state index is 11.9. The molecular weight excluding hydrogens is 206 g/mol. The Balaban J connectivity index is 2.40. The summed E-state index contributed by atoms with van der Waals surface area (Å²) in [6, 6.07) is 0.177. The topological polar surface area (TPSA) is 67.6 Å². The van der Waals surface area contributed by atoms with Crippen molar-refractivity contribution in [3.63, 3.8) is 0 Å². The van der Waals surface area contributed by atoms with Gasteiger partial charge in [0.25, 0.3) is 0 Å². The van der Waals surface area contributed by atoms with E-state index < -0.39 is 0 Å². The largest absolute Gasteiger partial charge is 0.378 e. The number of hydrogen-bond donors (Lipinski definition) is 2. The molecule has 0 aromatic rings. The summed E-state index contributed by atoms with van der Waals surface area (Å²) in [4.78, 5) is 13.7. The Labute approximate surface area is 97.3 Å². The van der Waals surface area contributed by atoms with Gasteiger partial charge in [0.15, 0.2) is 0 Å². The first kappa shape index (κ1) is 13.3. The molecular formula is C11H23N3O2. The lowest BCUT2D eigenvalue weighted by Crippen LogP contribution is -2.50. The summed E-state index contributed by atoms with van der Waals surface area (Å²) in [5.74, 6) is 0.411. The van der Waals surface area contributed by atoms with E-state index in [-0.39, 0.29) is 12.1 Å². The zero-order valence-corrected chi connectivity index (χ0v) is 10.2. The number of nitrogens with two attached hydrogens (primary N) is 1. The van der Waals surface area contributed by atoms with E-state index in [1.165, 1.54) is 0 Å². The van der Waals surface area contributed by atoms with Crippen LogP contribution >= 0.6 is 0 Å². The van der Waals surface area contributed by atoms with E-state index in [0.717, 1.165) is 6.42 Å². The van der Waals surface area contributed by atoms with Crippen molar-refractivity contribution in [3.05, 3.63) is 0 Å². The molecule has 0 aliphatic carbocycles. The second-order valence-corrected chi connectivity index (χ2v) is 4.48. The molecule has 0 aromatic heterocycles. The fourth-order valence-corrected chi connectivity index (χ4v) is 1.77. The monoisotopic (exact) mass is 229 g/mol. The van der Waals surface area contributed by atoms with Crippen LogP contribution in [0.15, 0.2) is 0 Å². The number of nitrogens with one attached hydrogen (secondary N) is 1. The Bertz CT molecular complexity index is 215. The Morgan fingerprint density at radius 3 is 2.56 bits per heavy atom. The molecule has 5 nitrogen and oxygen atoms in total.